The molecular formula is C52H57ClN10O9. The molecule has 1 aliphatic carbocycles. The van der Waals surface area contributed by atoms with Gasteiger partial charge in [-0.25, -0.2) is 14.6 Å². The minimum atomic E-state index is -1.92. The van der Waals surface area contributed by atoms with E-state index in [4.69, 9.17) is 36.1 Å². The molecule has 5 aliphatic heterocycles. The summed E-state index contributed by atoms with van der Waals surface area (Å²) in [4.78, 5) is 79.7. The van der Waals surface area contributed by atoms with Crippen LogP contribution >= 0.6 is 11.6 Å². The van der Waals surface area contributed by atoms with Gasteiger partial charge in [0.05, 0.1) is 45.7 Å². The van der Waals surface area contributed by atoms with Gasteiger partial charge in [-0.05, 0) is 108 Å². The normalized spacial score (nSPS) is 21.8. The standard InChI is InChI=1S/C52H57ClN10O9/c1-4-52(69)39-25-43-46-32(27-63(43)49(66)38(39)29-70-50(52)67)23-36-37(28-59(2)3)44(13-11-41(36)56-46)72-51(68)62-21-19-61(20-22-62)48(65)30-15-17-60(18-16-30)45-14-12-42(57-58-45)47(64)55-33-6-9-34(10-7-33)71-35-8-5-31(26-54)40(53)24-35/h5,8,11-14,23-25,30,33-34,57-58,69H,4,6-7,9-10,15-22,27-29H2,1-3H3,(H,55,64)/t33-,34-,52-/m0/s1. The number of aromatic nitrogens is 2. The molecule has 0 unspecified atom stereocenters. The van der Waals surface area contributed by atoms with Gasteiger partial charge in [0.1, 0.15) is 35.7 Å². The maximum atomic E-state index is 13.8. The number of fused-ring (bicyclic) bond motifs is 5. The Balaban J connectivity index is 0.705. The molecule has 3 fully saturated rings. The van der Waals surface area contributed by atoms with Crippen LogP contribution in [0.5, 0.6) is 11.5 Å². The number of hydrogen-bond acceptors (Lipinski definition) is 15. The number of ether oxygens (including phenoxy) is 3. The molecule has 4 N–H and O–H groups in total. The zero-order valence-electron chi connectivity index (χ0n) is 40.5. The predicted octanol–water partition coefficient (Wildman–Crippen LogP) is 4.36. The van der Waals surface area contributed by atoms with Crippen molar-refractivity contribution < 1.29 is 38.5 Å². The van der Waals surface area contributed by atoms with Crippen LogP contribution in [0, 0.1) is 17.2 Å². The van der Waals surface area contributed by atoms with Crippen LogP contribution in [0.25, 0.3) is 22.3 Å². The van der Waals surface area contributed by atoms with Crippen molar-refractivity contribution in [3.63, 3.8) is 0 Å². The topological polar surface area (TPSA) is 224 Å². The number of benzene rings is 2. The fourth-order valence-electron chi connectivity index (χ4n) is 10.7. The molecule has 0 spiro atoms. The van der Waals surface area contributed by atoms with Gasteiger partial charge in [0.15, 0.2) is 5.60 Å². The Bertz CT molecular complexity index is 3030. The van der Waals surface area contributed by atoms with Crippen LogP contribution in [0.4, 0.5) is 4.79 Å². The molecule has 4 aromatic rings. The smallest absolute Gasteiger partial charge is 0.415 e. The largest absolute Gasteiger partial charge is 0.490 e. The van der Waals surface area contributed by atoms with E-state index < -0.39 is 17.7 Å². The number of carbonyl (C=O) groups excluding carboxylic acids is 4. The minimum Gasteiger partial charge on any atom is -0.490 e. The van der Waals surface area contributed by atoms with Crippen molar-refractivity contribution in [1.29, 1.82) is 5.26 Å². The predicted molar refractivity (Wildman–Crippen MR) is 264 cm³/mol. The Labute approximate surface area is 420 Å². The van der Waals surface area contributed by atoms with E-state index >= 15 is 0 Å². The fourth-order valence-corrected chi connectivity index (χ4v) is 10.9. The summed E-state index contributed by atoms with van der Waals surface area (Å²) < 4.78 is 19.0. The molecule has 2 aromatic carbocycles. The van der Waals surface area contributed by atoms with Gasteiger partial charge in [-0.3, -0.25) is 25.2 Å². The molecule has 0 bridgehead atoms. The number of hydrazine groups is 1. The molecule has 20 heteroatoms. The van der Waals surface area contributed by atoms with E-state index in [-0.39, 0.29) is 66.1 Å². The lowest BCUT2D eigenvalue weighted by molar-refractivity contribution is -0.172. The summed E-state index contributed by atoms with van der Waals surface area (Å²) in [5.74, 6) is 0.810. The zero-order chi connectivity index (χ0) is 50.4. The number of piperidine rings is 1. The average Bonchev–Trinajstić information content (AvgIpc) is 3.75. The third-order valence-corrected chi connectivity index (χ3v) is 15.1. The minimum absolute atomic E-state index is 0.000696. The highest BCUT2D eigenvalue weighted by Gasteiger charge is 2.45. The molecule has 1 atom stereocenters. The number of allylic oxidation sites excluding steroid dienone is 2. The molecule has 72 heavy (non-hydrogen) atoms. The van der Waals surface area contributed by atoms with Crippen LogP contribution in [0.1, 0.15) is 79.7 Å². The van der Waals surface area contributed by atoms with Crippen molar-refractivity contribution >= 4 is 46.4 Å². The quantitative estimate of drug-likeness (QED) is 0.143. The van der Waals surface area contributed by atoms with E-state index in [1.807, 2.05) is 36.0 Å². The van der Waals surface area contributed by atoms with Gasteiger partial charge in [-0.2, -0.15) is 5.26 Å². The van der Waals surface area contributed by atoms with E-state index in [0.29, 0.717) is 103 Å². The first-order chi connectivity index (χ1) is 34.7. The summed E-state index contributed by atoms with van der Waals surface area (Å²) in [6, 6.07) is 14.3. The number of esters is 1. The number of nitriles is 1. The number of nitrogens with one attached hydrogen (secondary N) is 3. The van der Waals surface area contributed by atoms with Gasteiger partial charge < -0.3 is 48.8 Å². The number of cyclic esters (lactones) is 1. The highest BCUT2D eigenvalue weighted by molar-refractivity contribution is 6.31. The highest BCUT2D eigenvalue weighted by atomic mass is 35.5. The van der Waals surface area contributed by atoms with E-state index in [9.17, 15) is 29.1 Å². The van der Waals surface area contributed by atoms with Crippen LogP contribution < -0.4 is 31.2 Å². The van der Waals surface area contributed by atoms with Gasteiger partial charge in [-0.15, -0.1) is 0 Å². The third kappa shape index (κ3) is 9.30. The van der Waals surface area contributed by atoms with Crippen molar-refractivity contribution in [2.75, 3.05) is 53.4 Å². The van der Waals surface area contributed by atoms with E-state index in [1.54, 1.807) is 58.9 Å². The first kappa shape index (κ1) is 48.5. The molecule has 19 nitrogen and oxygen atoms in total. The lowest BCUT2D eigenvalue weighted by Crippen LogP contribution is -2.54. The molecule has 7 heterocycles. The van der Waals surface area contributed by atoms with Crippen molar-refractivity contribution in [1.82, 2.24) is 45.3 Å². The second-order valence-electron chi connectivity index (χ2n) is 19.6. The number of pyridine rings is 2. The van der Waals surface area contributed by atoms with Gasteiger partial charge in [0.2, 0.25) is 5.91 Å². The first-order valence-corrected chi connectivity index (χ1v) is 25.0. The molecule has 0 radical (unpaired) electrons. The van der Waals surface area contributed by atoms with Crippen molar-refractivity contribution in [2.24, 2.45) is 5.92 Å². The maximum Gasteiger partial charge on any atom is 0.415 e. The number of likely N-dealkylation sites (tertiary alicyclic amines) is 1. The number of aliphatic hydroxyl groups is 1. The van der Waals surface area contributed by atoms with Crippen molar-refractivity contribution in [2.45, 2.75) is 89.3 Å². The summed E-state index contributed by atoms with van der Waals surface area (Å²) in [5.41, 5.74) is 8.54. The van der Waals surface area contributed by atoms with E-state index in [1.165, 1.54) is 0 Å². The lowest BCUT2D eigenvalue weighted by atomic mass is 9.86. The van der Waals surface area contributed by atoms with Crippen LogP contribution in [0.3, 0.4) is 0 Å². The van der Waals surface area contributed by atoms with Crippen LogP contribution in [0.15, 0.2) is 70.9 Å². The SMILES string of the molecule is CC[C@@]1(O)C(=O)OCc2c1cc1n(c2=O)Cc2cc3c(CN(C)C)c(OC(=O)N4CCN(C(=O)C5CCN(C6=CC=C(C(=O)N[C@H]7CC[C@H](Oc8ccc(C#N)c(Cl)c8)CC7)NN6)CC5)CC4)ccc3nc2-1. The Kier molecular flexibility index (Phi) is 13.3. The number of rotatable bonds is 10. The van der Waals surface area contributed by atoms with Crippen LogP contribution in [-0.4, -0.2) is 124 Å². The van der Waals surface area contributed by atoms with Gasteiger partial charge in [0, 0.05) is 85.9 Å². The van der Waals surface area contributed by atoms with Crippen LogP contribution in [-0.2, 0) is 44.4 Å². The number of hydrogen-bond donors (Lipinski definition) is 4. The number of halogens is 1. The van der Waals surface area contributed by atoms with Gasteiger partial charge in [0.25, 0.3) is 11.5 Å². The average molecular weight is 1000 g/mol. The monoisotopic (exact) mass is 1000 g/mol. The number of piperazine rings is 1. The third-order valence-electron chi connectivity index (χ3n) is 14.8. The Hall–Kier alpha value is -7.14. The van der Waals surface area contributed by atoms with Gasteiger partial charge in [-0.1, -0.05) is 18.5 Å². The summed E-state index contributed by atoms with van der Waals surface area (Å²) in [6.07, 6.45) is 7.62. The van der Waals surface area contributed by atoms with Crippen LogP contribution in [0.2, 0.25) is 5.02 Å². The molecule has 2 saturated heterocycles. The summed E-state index contributed by atoms with van der Waals surface area (Å²) in [7, 11) is 3.84. The molecule has 2 aromatic heterocycles. The number of nitrogens with zero attached hydrogens (tertiary/aromatic N) is 7. The Morgan fingerprint density at radius 2 is 1.72 bits per heavy atom. The molecule has 1 saturated carbocycles. The second-order valence-corrected chi connectivity index (χ2v) is 20.0. The van der Waals surface area contributed by atoms with E-state index in [0.717, 1.165) is 48.0 Å². The molecule has 3 amide bonds. The van der Waals surface area contributed by atoms with Crippen molar-refractivity contribution in [3.05, 3.63) is 109 Å². The Morgan fingerprint density at radius 3 is 2.40 bits per heavy atom. The summed E-state index contributed by atoms with van der Waals surface area (Å²) >= 11 is 6.17. The molecule has 6 aliphatic rings. The van der Waals surface area contributed by atoms with Crippen molar-refractivity contribution in [3.8, 4) is 29.0 Å². The lowest BCUT2D eigenvalue weighted by Gasteiger charge is -2.39. The van der Waals surface area contributed by atoms with E-state index in [2.05, 4.69) is 27.1 Å². The van der Waals surface area contributed by atoms with Gasteiger partial charge >= 0.3 is 12.1 Å². The zero-order valence-corrected chi connectivity index (χ0v) is 41.2. The summed E-state index contributed by atoms with van der Waals surface area (Å²) in [5, 5.41) is 24.7. The second kappa shape index (κ2) is 19.8. The number of amides is 3. The molecule has 10 rings (SSSR count). The molecular weight excluding hydrogens is 944 g/mol. The first-order valence-electron chi connectivity index (χ1n) is 24.6. The molecule has 376 valence electrons. The fraction of sp³-hybridized carbons (Fsp3) is 0.442. The summed E-state index contributed by atoms with van der Waals surface area (Å²) in [6.45, 7) is 4.88. The highest BCUT2D eigenvalue weighted by Crippen LogP contribution is 2.40. The number of carbonyl (C=O) groups is 4. The Morgan fingerprint density at radius 1 is 0.972 bits per heavy atom. The maximum absolute atomic E-state index is 13.8.